The zero-order valence-corrected chi connectivity index (χ0v) is 17.9. The number of aromatic hydroxyl groups is 1. The number of phenols is 1. The first-order valence-corrected chi connectivity index (χ1v) is 10.9. The van der Waals surface area contributed by atoms with Crippen LogP contribution in [0, 0.1) is 3.83 Å². The molecular formula is C20H23IN5O2+. The van der Waals surface area contributed by atoms with E-state index in [1.165, 1.54) is 12.8 Å². The van der Waals surface area contributed by atoms with E-state index >= 15 is 0 Å². The lowest BCUT2D eigenvalue weighted by atomic mass is 9.99. The van der Waals surface area contributed by atoms with Gasteiger partial charge < -0.3 is 5.11 Å². The first kappa shape index (κ1) is 18.0. The zero-order chi connectivity index (χ0) is 19.5. The third kappa shape index (κ3) is 2.64. The third-order valence-corrected chi connectivity index (χ3v) is 6.90. The Morgan fingerprint density at radius 3 is 2.82 bits per heavy atom. The van der Waals surface area contributed by atoms with E-state index in [2.05, 4.69) is 42.0 Å². The summed E-state index contributed by atoms with van der Waals surface area (Å²) in [6, 6.07) is 7.25. The van der Waals surface area contributed by atoms with E-state index in [1.807, 2.05) is 23.6 Å². The van der Waals surface area contributed by atoms with E-state index in [0.717, 1.165) is 40.4 Å². The number of benzene rings is 1. The van der Waals surface area contributed by atoms with Gasteiger partial charge in [0, 0.05) is 22.6 Å². The van der Waals surface area contributed by atoms with Gasteiger partial charge in [-0.05, 0) is 50.3 Å². The van der Waals surface area contributed by atoms with Crippen molar-refractivity contribution in [1.82, 2.24) is 14.1 Å². The predicted octanol–water partition coefficient (Wildman–Crippen LogP) is 2.60. The van der Waals surface area contributed by atoms with E-state index in [0.29, 0.717) is 18.6 Å². The summed E-state index contributed by atoms with van der Waals surface area (Å²) in [6.45, 7) is 4.04. The summed E-state index contributed by atoms with van der Waals surface area (Å²) < 4.78 is 6.94. The standard InChI is InChI=1S/C20H22IN5O2/c1-2-24-17(28)15-16(26-12-20(23-19(24)26)8-3-4-9-20)25(18(21)22-15)11-13-6-5-7-14(27)10-13/h5-7,10,27H,2-4,8-9,11-12H2,1H3/p+1. The average molecular weight is 492 g/mol. The molecule has 0 atom stereocenters. The highest BCUT2D eigenvalue weighted by Gasteiger charge is 2.46. The van der Waals surface area contributed by atoms with E-state index in [1.54, 1.807) is 12.1 Å². The molecule has 2 N–H and O–H groups in total. The number of anilines is 1. The van der Waals surface area contributed by atoms with Crippen molar-refractivity contribution < 1.29 is 9.67 Å². The number of halogens is 1. The molecule has 5 rings (SSSR count). The minimum Gasteiger partial charge on any atom is -0.508 e. The first-order valence-electron chi connectivity index (χ1n) is 9.80. The molecule has 1 fully saturated rings. The molecular weight excluding hydrogens is 469 g/mol. The lowest BCUT2D eigenvalue weighted by Gasteiger charge is -2.18. The Labute approximate surface area is 176 Å². The average Bonchev–Trinajstić information content (AvgIpc) is 3.35. The first-order chi connectivity index (χ1) is 13.5. The van der Waals surface area contributed by atoms with Crippen LogP contribution >= 0.6 is 22.6 Å². The van der Waals surface area contributed by atoms with Gasteiger partial charge in [0.05, 0.1) is 19.6 Å². The van der Waals surface area contributed by atoms with Gasteiger partial charge in [-0.15, -0.1) is 0 Å². The highest BCUT2D eigenvalue weighted by atomic mass is 127. The Morgan fingerprint density at radius 1 is 1.32 bits per heavy atom. The molecule has 1 saturated carbocycles. The van der Waals surface area contributed by atoms with Crippen LogP contribution in [0.4, 0.5) is 5.95 Å². The summed E-state index contributed by atoms with van der Waals surface area (Å²) in [4.78, 5) is 17.8. The molecule has 1 aromatic carbocycles. The molecule has 0 unspecified atom stereocenters. The van der Waals surface area contributed by atoms with Crippen molar-refractivity contribution in [3.63, 3.8) is 0 Å². The second kappa shape index (κ2) is 6.47. The maximum absolute atomic E-state index is 13.2. The van der Waals surface area contributed by atoms with Crippen LogP contribution in [0.2, 0.25) is 0 Å². The van der Waals surface area contributed by atoms with Crippen molar-refractivity contribution in [3.05, 3.63) is 44.0 Å². The molecule has 1 aliphatic heterocycles. The zero-order valence-electron chi connectivity index (χ0n) is 15.8. The molecule has 0 bridgehead atoms. The molecule has 3 heterocycles. The number of rotatable bonds is 3. The molecule has 0 radical (unpaired) electrons. The minimum absolute atomic E-state index is 0.0427. The normalized spacial score (nSPS) is 17.4. The molecule has 28 heavy (non-hydrogen) atoms. The summed E-state index contributed by atoms with van der Waals surface area (Å²) >= 11 is 2.20. The molecule has 1 spiro atoms. The SMILES string of the molecule is CCn1c2[n+](c3c(nc(I)n3Cc3cccc(O)c3)c1=O)CC1(CCCC1)N2. The summed E-state index contributed by atoms with van der Waals surface area (Å²) in [6.07, 6.45) is 4.71. The highest BCUT2D eigenvalue weighted by molar-refractivity contribution is 14.1. The molecule has 1 aliphatic carbocycles. The van der Waals surface area contributed by atoms with Gasteiger partial charge in [0.1, 0.15) is 11.3 Å². The number of hydrogen-bond acceptors (Lipinski definition) is 4. The van der Waals surface area contributed by atoms with Crippen molar-refractivity contribution in [2.45, 2.75) is 57.8 Å². The Morgan fingerprint density at radius 2 is 2.11 bits per heavy atom. The van der Waals surface area contributed by atoms with Crippen LogP contribution in [0.15, 0.2) is 29.1 Å². The maximum atomic E-state index is 13.2. The summed E-state index contributed by atoms with van der Waals surface area (Å²) in [7, 11) is 0. The quantitative estimate of drug-likeness (QED) is 0.335. The number of fused-ring (bicyclic) bond motifs is 3. The van der Waals surface area contributed by atoms with Crippen LogP contribution in [0.1, 0.15) is 38.2 Å². The number of imidazole rings is 1. The van der Waals surface area contributed by atoms with Gasteiger partial charge in [0.2, 0.25) is 15.0 Å². The van der Waals surface area contributed by atoms with Crippen LogP contribution in [0.5, 0.6) is 5.75 Å². The second-order valence-corrected chi connectivity index (χ2v) is 8.85. The Bertz CT molecular complexity index is 1140. The maximum Gasteiger partial charge on any atom is 0.327 e. The van der Waals surface area contributed by atoms with Crippen molar-refractivity contribution >= 4 is 39.7 Å². The molecule has 146 valence electrons. The van der Waals surface area contributed by atoms with Gasteiger partial charge in [-0.3, -0.25) is 10.1 Å². The molecule has 7 nitrogen and oxygen atoms in total. The van der Waals surface area contributed by atoms with Gasteiger partial charge in [0.15, 0.2) is 0 Å². The number of nitrogens with one attached hydrogen (secondary N) is 1. The van der Waals surface area contributed by atoms with Gasteiger partial charge in [-0.1, -0.05) is 12.1 Å². The van der Waals surface area contributed by atoms with Crippen molar-refractivity contribution in [2.24, 2.45) is 0 Å². The van der Waals surface area contributed by atoms with Gasteiger partial charge >= 0.3 is 11.5 Å². The molecule has 2 aliphatic rings. The van der Waals surface area contributed by atoms with Crippen molar-refractivity contribution in [3.8, 4) is 5.75 Å². The van der Waals surface area contributed by atoms with Gasteiger partial charge in [-0.25, -0.2) is 18.7 Å². The fraction of sp³-hybridized carbons (Fsp3) is 0.450. The summed E-state index contributed by atoms with van der Waals surface area (Å²) in [5.41, 5.74) is 2.38. The molecule has 2 aromatic heterocycles. The molecule has 3 aromatic rings. The third-order valence-electron chi connectivity index (χ3n) is 6.07. The van der Waals surface area contributed by atoms with Crippen molar-refractivity contribution in [2.75, 3.05) is 5.32 Å². The van der Waals surface area contributed by atoms with Crippen molar-refractivity contribution in [1.29, 1.82) is 0 Å². The number of hydrogen-bond donors (Lipinski definition) is 2. The van der Waals surface area contributed by atoms with Crippen LogP contribution < -0.4 is 15.4 Å². The van der Waals surface area contributed by atoms with Gasteiger partial charge in [0.25, 0.3) is 0 Å². The molecule has 0 amide bonds. The Balaban J connectivity index is 1.73. The fourth-order valence-corrected chi connectivity index (χ4v) is 5.42. The second-order valence-electron chi connectivity index (χ2n) is 7.88. The smallest absolute Gasteiger partial charge is 0.327 e. The lowest BCUT2D eigenvalue weighted by Crippen LogP contribution is -2.43. The molecule has 0 saturated heterocycles. The Hall–Kier alpha value is -2.10. The fourth-order valence-electron chi connectivity index (χ4n) is 4.77. The van der Waals surface area contributed by atoms with Crippen LogP contribution in [0.3, 0.4) is 0 Å². The largest absolute Gasteiger partial charge is 0.508 e. The van der Waals surface area contributed by atoms with E-state index in [4.69, 9.17) is 0 Å². The van der Waals surface area contributed by atoms with E-state index < -0.39 is 0 Å². The van der Waals surface area contributed by atoms with Crippen LogP contribution in [0.25, 0.3) is 11.2 Å². The number of nitrogens with zero attached hydrogens (tertiary/aromatic N) is 4. The number of phenolic OH excluding ortho intramolecular Hbond substituents is 1. The summed E-state index contributed by atoms with van der Waals surface area (Å²) in [5, 5.41) is 13.5. The Kier molecular flexibility index (Phi) is 4.15. The minimum atomic E-state index is -0.0427. The highest BCUT2D eigenvalue weighted by Crippen LogP contribution is 2.36. The lowest BCUT2D eigenvalue weighted by molar-refractivity contribution is -0.657. The topological polar surface area (TPSA) is 76.0 Å². The summed E-state index contributed by atoms with van der Waals surface area (Å²) in [5.74, 6) is 1.14. The molecule has 8 heteroatoms. The van der Waals surface area contributed by atoms with Crippen LogP contribution in [-0.2, 0) is 19.6 Å². The number of aromatic nitrogens is 4. The predicted molar refractivity (Wildman–Crippen MR) is 115 cm³/mol. The monoisotopic (exact) mass is 492 g/mol. The van der Waals surface area contributed by atoms with E-state index in [-0.39, 0.29) is 16.8 Å². The van der Waals surface area contributed by atoms with E-state index in [9.17, 15) is 9.90 Å². The van der Waals surface area contributed by atoms with Gasteiger partial charge in [-0.2, -0.15) is 0 Å². The van der Waals surface area contributed by atoms with Crippen LogP contribution in [-0.4, -0.2) is 24.8 Å².